The highest BCUT2D eigenvalue weighted by molar-refractivity contribution is 5.93. The molecule has 4 nitrogen and oxygen atoms in total. The van der Waals surface area contributed by atoms with Gasteiger partial charge in [0.05, 0.1) is 25.4 Å². The molecule has 0 radical (unpaired) electrons. The fraction of sp³-hybridized carbons (Fsp3) is 0.462. The molecule has 30 heavy (non-hydrogen) atoms. The molecule has 0 saturated heterocycles. The molecule has 0 amide bonds. The lowest BCUT2D eigenvalue weighted by molar-refractivity contribution is 0.202. The van der Waals surface area contributed by atoms with Crippen LogP contribution >= 0.6 is 0 Å². The summed E-state index contributed by atoms with van der Waals surface area (Å²) in [6.07, 6.45) is 4.78. The van der Waals surface area contributed by atoms with Crippen LogP contribution in [0.3, 0.4) is 0 Å². The van der Waals surface area contributed by atoms with Gasteiger partial charge in [0, 0.05) is 24.6 Å². The molecule has 0 aromatic heterocycles. The lowest BCUT2D eigenvalue weighted by Crippen LogP contribution is -2.15. The van der Waals surface area contributed by atoms with E-state index >= 15 is 0 Å². The van der Waals surface area contributed by atoms with Gasteiger partial charge in [-0.2, -0.15) is 0 Å². The van der Waals surface area contributed by atoms with Crippen molar-refractivity contribution in [3.8, 4) is 5.75 Å². The topological polar surface area (TPSA) is 43.2 Å². The van der Waals surface area contributed by atoms with Crippen molar-refractivity contribution in [1.82, 2.24) is 0 Å². The van der Waals surface area contributed by atoms with Crippen molar-refractivity contribution in [2.24, 2.45) is 9.98 Å². The summed E-state index contributed by atoms with van der Waals surface area (Å²) in [5, 5.41) is 0. The van der Waals surface area contributed by atoms with Crippen molar-refractivity contribution in [3.63, 3.8) is 0 Å². The average molecular weight is 409 g/mol. The highest BCUT2D eigenvalue weighted by atomic mass is 16.5. The SMILES string of the molecule is CCC(N=Cc1cc(CCOC)ccc1OC)C(C)=Nc1ccccc1C(C)CC. The maximum Gasteiger partial charge on any atom is 0.127 e. The first-order valence-electron chi connectivity index (χ1n) is 10.9. The number of benzene rings is 2. The van der Waals surface area contributed by atoms with Crippen molar-refractivity contribution in [1.29, 1.82) is 0 Å². The van der Waals surface area contributed by atoms with Gasteiger partial charge < -0.3 is 9.47 Å². The smallest absolute Gasteiger partial charge is 0.127 e. The molecule has 2 rings (SSSR count). The van der Waals surface area contributed by atoms with E-state index in [2.05, 4.69) is 64.1 Å². The molecular formula is C26H36N2O2. The molecule has 2 aromatic rings. The standard InChI is InChI=1S/C26H36N2O2/c1-7-19(3)23-11-9-10-12-25(23)28-20(4)24(8-2)27-18-22-17-21(15-16-29-5)13-14-26(22)30-6/h9-14,17-19,24H,7-8,15-16H2,1-6H3. The van der Waals surface area contributed by atoms with Crippen molar-refractivity contribution in [2.75, 3.05) is 20.8 Å². The molecule has 0 bridgehead atoms. The molecule has 0 heterocycles. The Morgan fingerprint density at radius 3 is 2.50 bits per heavy atom. The van der Waals surface area contributed by atoms with Crippen molar-refractivity contribution in [2.45, 2.75) is 58.9 Å². The summed E-state index contributed by atoms with van der Waals surface area (Å²) in [4.78, 5) is 9.83. The monoisotopic (exact) mass is 408 g/mol. The number of hydrogen-bond acceptors (Lipinski definition) is 4. The molecule has 0 spiro atoms. The van der Waals surface area contributed by atoms with Gasteiger partial charge in [-0.3, -0.25) is 9.98 Å². The maximum atomic E-state index is 5.53. The van der Waals surface area contributed by atoms with Gasteiger partial charge in [0.25, 0.3) is 0 Å². The van der Waals surface area contributed by atoms with Gasteiger partial charge in [0.2, 0.25) is 0 Å². The third-order valence-electron chi connectivity index (χ3n) is 5.53. The Morgan fingerprint density at radius 2 is 1.83 bits per heavy atom. The van der Waals surface area contributed by atoms with Gasteiger partial charge in [-0.05, 0) is 61.4 Å². The van der Waals surface area contributed by atoms with E-state index in [0.29, 0.717) is 12.5 Å². The minimum atomic E-state index is 0.0299. The Kier molecular flexibility index (Phi) is 9.75. The third-order valence-corrected chi connectivity index (χ3v) is 5.53. The van der Waals surface area contributed by atoms with Crippen LogP contribution < -0.4 is 4.74 Å². The third kappa shape index (κ3) is 6.53. The zero-order valence-corrected chi connectivity index (χ0v) is 19.3. The molecule has 0 fully saturated rings. The first kappa shape index (κ1) is 23.8. The van der Waals surface area contributed by atoms with Crippen LogP contribution in [0, 0.1) is 0 Å². The van der Waals surface area contributed by atoms with Crippen molar-refractivity contribution < 1.29 is 9.47 Å². The average Bonchev–Trinajstić information content (AvgIpc) is 2.78. The number of hydrogen-bond donors (Lipinski definition) is 0. The molecule has 2 atom stereocenters. The summed E-state index contributed by atoms with van der Waals surface area (Å²) in [7, 11) is 3.41. The number of aliphatic imine (C=N–C) groups is 2. The van der Waals surface area contributed by atoms with E-state index in [9.17, 15) is 0 Å². The van der Waals surface area contributed by atoms with Crippen LogP contribution in [0.1, 0.15) is 63.1 Å². The van der Waals surface area contributed by atoms with Crippen LogP contribution in [0.15, 0.2) is 52.4 Å². The Hall–Kier alpha value is -2.46. The fourth-order valence-corrected chi connectivity index (χ4v) is 3.43. The lowest BCUT2D eigenvalue weighted by atomic mass is 9.97. The summed E-state index contributed by atoms with van der Waals surface area (Å²) >= 11 is 0. The summed E-state index contributed by atoms with van der Waals surface area (Å²) < 4.78 is 10.7. The van der Waals surface area contributed by atoms with Crippen molar-refractivity contribution in [3.05, 3.63) is 59.2 Å². The Bertz CT molecular complexity index is 858. The van der Waals surface area contributed by atoms with Gasteiger partial charge in [-0.15, -0.1) is 0 Å². The van der Waals surface area contributed by atoms with E-state index in [-0.39, 0.29) is 6.04 Å². The maximum absolute atomic E-state index is 5.53. The zero-order valence-electron chi connectivity index (χ0n) is 19.3. The molecule has 2 aromatic carbocycles. The molecule has 0 aliphatic heterocycles. The van der Waals surface area contributed by atoms with Crippen LogP contribution in [0.25, 0.3) is 0 Å². The number of para-hydroxylation sites is 1. The van der Waals surface area contributed by atoms with Crippen LogP contribution in [-0.2, 0) is 11.2 Å². The number of rotatable bonds is 11. The molecule has 0 aliphatic rings. The number of ether oxygens (including phenoxy) is 2. The normalized spacial score (nSPS) is 14.1. The number of nitrogens with zero attached hydrogens (tertiary/aromatic N) is 2. The molecule has 0 N–H and O–H groups in total. The van der Waals surface area contributed by atoms with Crippen LogP contribution in [0.2, 0.25) is 0 Å². The number of methoxy groups -OCH3 is 2. The fourth-order valence-electron chi connectivity index (χ4n) is 3.43. The van der Waals surface area contributed by atoms with E-state index in [4.69, 9.17) is 19.5 Å². The minimum Gasteiger partial charge on any atom is -0.496 e. The van der Waals surface area contributed by atoms with E-state index in [1.165, 1.54) is 11.1 Å². The highest BCUT2D eigenvalue weighted by Gasteiger charge is 2.12. The molecule has 4 heteroatoms. The van der Waals surface area contributed by atoms with Crippen LogP contribution in [0.5, 0.6) is 5.75 Å². The molecule has 2 unspecified atom stereocenters. The van der Waals surface area contributed by atoms with Gasteiger partial charge in [0.1, 0.15) is 5.75 Å². The predicted octanol–water partition coefficient (Wildman–Crippen LogP) is 6.39. The summed E-state index contributed by atoms with van der Waals surface area (Å²) in [5.74, 6) is 1.31. The minimum absolute atomic E-state index is 0.0299. The van der Waals surface area contributed by atoms with Crippen LogP contribution in [-0.4, -0.2) is 38.8 Å². The Labute approximate surface area is 182 Å². The highest BCUT2D eigenvalue weighted by Crippen LogP contribution is 2.29. The van der Waals surface area contributed by atoms with Gasteiger partial charge in [-0.25, -0.2) is 0 Å². The zero-order chi connectivity index (χ0) is 21.9. The van der Waals surface area contributed by atoms with Crippen LogP contribution in [0.4, 0.5) is 5.69 Å². The second-order valence-electron chi connectivity index (χ2n) is 7.64. The first-order chi connectivity index (χ1) is 14.5. The molecule has 0 aliphatic carbocycles. The van der Waals surface area contributed by atoms with Gasteiger partial charge in [0.15, 0.2) is 0 Å². The van der Waals surface area contributed by atoms with E-state index in [1.54, 1.807) is 14.2 Å². The second kappa shape index (κ2) is 12.3. The predicted molar refractivity (Wildman–Crippen MR) is 128 cm³/mol. The van der Waals surface area contributed by atoms with E-state index < -0.39 is 0 Å². The van der Waals surface area contributed by atoms with Gasteiger partial charge >= 0.3 is 0 Å². The molecule has 162 valence electrons. The Morgan fingerprint density at radius 1 is 1.07 bits per heavy atom. The lowest BCUT2D eigenvalue weighted by Gasteiger charge is -2.15. The largest absolute Gasteiger partial charge is 0.496 e. The quantitative estimate of drug-likeness (QED) is 0.404. The molecular weight excluding hydrogens is 372 g/mol. The van der Waals surface area contributed by atoms with E-state index in [0.717, 1.165) is 42.0 Å². The summed E-state index contributed by atoms with van der Waals surface area (Å²) in [6, 6.07) is 14.7. The van der Waals surface area contributed by atoms with Crippen molar-refractivity contribution >= 4 is 17.6 Å². The second-order valence-corrected chi connectivity index (χ2v) is 7.64. The van der Waals surface area contributed by atoms with Gasteiger partial charge in [-0.1, -0.05) is 45.0 Å². The first-order valence-corrected chi connectivity index (χ1v) is 10.9. The summed E-state index contributed by atoms with van der Waals surface area (Å²) in [5.41, 5.74) is 5.57. The van der Waals surface area contributed by atoms with E-state index in [1.807, 2.05) is 12.3 Å². The molecule has 0 saturated carbocycles. The Balaban J connectivity index is 2.28. The summed E-state index contributed by atoms with van der Waals surface area (Å²) in [6.45, 7) is 9.38.